The van der Waals surface area contributed by atoms with E-state index in [2.05, 4.69) is 11.8 Å². The monoisotopic (exact) mass is 197 g/mol. The van der Waals surface area contributed by atoms with E-state index in [9.17, 15) is 0 Å². The first-order chi connectivity index (χ1) is 6.86. The molecule has 0 bridgehead atoms. The van der Waals surface area contributed by atoms with Gasteiger partial charge in [-0.15, -0.1) is 0 Å². The molecule has 1 heteroatoms. The Balaban J connectivity index is 0.000000461. The van der Waals surface area contributed by atoms with Crippen molar-refractivity contribution in [2.45, 2.75) is 65.3 Å². The summed E-state index contributed by atoms with van der Waals surface area (Å²) < 4.78 is 0. The van der Waals surface area contributed by atoms with Crippen LogP contribution in [-0.4, -0.2) is 24.0 Å². The van der Waals surface area contributed by atoms with Crippen molar-refractivity contribution in [2.75, 3.05) is 13.1 Å². The summed E-state index contributed by atoms with van der Waals surface area (Å²) in [5.74, 6) is 0.982. The van der Waals surface area contributed by atoms with E-state index in [1.165, 1.54) is 51.6 Å². The molecule has 84 valence electrons. The average molecular weight is 197 g/mol. The molecule has 2 fully saturated rings. The minimum atomic E-state index is 0.982. The molecule has 2 rings (SSSR count). The first-order valence-electron chi connectivity index (χ1n) is 6.60. The number of nitrogens with zero attached hydrogens (tertiary/aromatic N) is 1. The van der Waals surface area contributed by atoms with E-state index < -0.39 is 0 Å². The number of likely N-dealkylation sites (tertiary alicyclic amines) is 1. The van der Waals surface area contributed by atoms with Crippen LogP contribution in [0.25, 0.3) is 0 Å². The zero-order valence-corrected chi connectivity index (χ0v) is 10.3. The summed E-state index contributed by atoms with van der Waals surface area (Å²) in [4.78, 5) is 2.74. The first-order valence-corrected chi connectivity index (χ1v) is 6.60. The minimum Gasteiger partial charge on any atom is -0.300 e. The van der Waals surface area contributed by atoms with Crippen molar-refractivity contribution >= 4 is 0 Å². The number of hydrogen-bond donors (Lipinski definition) is 0. The molecule has 1 heterocycles. The lowest BCUT2D eigenvalue weighted by Gasteiger charge is -2.36. The maximum Gasteiger partial charge on any atom is 0.00952 e. The van der Waals surface area contributed by atoms with E-state index in [0.717, 1.165) is 12.0 Å². The summed E-state index contributed by atoms with van der Waals surface area (Å²) in [5, 5.41) is 0. The smallest absolute Gasteiger partial charge is 0.00952 e. The molecule has 1 nitrogen and oxygen atoms in total. The molecule has 0 N–H and O–H groups in total. The Kier molecular flexibility index (Phi) is 5.54. The van der Waals surface area contributed by atoms with Gasteiger partial charge in [0.25, 0.3) is 0 Å². The van der Waals surface area contributed by atoms with Crippen LogP contribution in [0, 0.1) is 5.92 Å². The van der Waals surface area contributed by atoms with E-state index >= 15 is 0 Å². The van der Waals surface area contributed by atoms with Crippen molar-refractivity contribution in [2.24, 2.45) is 5.92 Å². The molecule has 0 unspecified atom stereocenters. The van der Waals surface area contributed by atoms with E-state index in [0.29, 0.717) is 0 Å². The molecule has 0 aromatic heterocycles. The van der Waals surface area contributed by atoms with Gasteiger partial charge in [-0.2, -0.15) is 0 Å². The highest BCUT2D eigenvalue weighted by molar-refractivity contribution is 4.81. The third kappa shape index (κ3) is 3.27. The maximum atomic E-state index is 2.74. The summed E-state index contributed by atoms with van der Waals surface area (Å²) in [7, 11) is 0. The van der Waals surface area contributed by atoms with Gasteiger partial charge in [0.05, 0.1) is 0 Å². The first kappa shape index (κ1) is 12.0. The number of hydrogen-bond acceptors (Lipinski definition) is 1. The van der Waals surface area contributed by atoms with Crippen LogP contribution in [0.1, 0.15) is 59.3 Å². The van der Waals surface area contributed by atoms with Crippen LogP contribution in [0.5, 0.6) is 0 Å². The summed E-state index contributed by atoms with van der Waals surface area (Å²) >= 11 is 0. The lowest BCUT2D eigenvalue weighted by Crippen LogP contribution is -2.40. The molecule has 0 aromatic carbocycles. The Bertz CT molecular complexity index is 140. The molecule has 14 heavy (non-hydrogen) atoms. The fraction of sp³-hybridized carbons (Fsp3) is 1.00. The fourth-order valence-corrected chi connectivity index (χ4v) is 2.40. The highest BCUT2D eigenvalue weighted by atomic mass is 15.2. The average Bonchev–Trinajstić information content (AvgIpc) is 2.32. The zero-order chi connectivity index (χ0) is 10.4. The molecular weight excluding hydrogens is 170 g/mol. The van der Waals surface area contributed by atoms with Crippen molar-refractivity contribution in [3.8, 4) is 0 Å². The van der Waals surface area contributed by atoms with Crippen LogP contribution in [0.15, 0.2) is 0 Å². The Morgan fingerprint density at radius 2 is 1.57 bits per heavy atom. The van der Waals surface area contributed by atoms with E-state index in [-0.39, 0.29) is 0 Å². The van der Waals surface area contributed by atoms with Crippen LogP contribution in [0.2, 0.25) is 0 Å². The van der Waals surface area contributed by atoms with Gasteiger partial charge in [0, 0.05) is 6.04 Å². The fourth-order valence-electron chi connectivity index (χ4n) is 2.40. The Hall–Kier alpha value is -0.0400. The number of rotatable bonds is 1. The van der Waals surface area contributed by atoms with E-state index in [1.807, 2.05) is 13.8 Å². The highest BCUT2D eigenvalue weighted by Crippen LogP contribution is 2.27. The Morgan fingerprint density at radius 1 is 0.857 bits per heavy atom. The quantitative estimate of drug-likeness (QED) is 0.620. The van der Waals surface area contributed by atoms with E-state index in [4.69, 9.17) is 0 Å². The van der Waals surface area contributed by atoms with Crippen molar-refractivity contribution < 1.29 is 0 Å². The SMILES string of the molecule is CC.C[C@H]1CCCN(C2CCC2)CC1. The standard InChI is InChI=1S/C11H21N.C2H6/c1-10-4-3-8-12(9-7-10)11-5-2-6-11;1-2/h10-11H,2-9H2,1H3;1-2H3/t10-;/m0./s1. The second-order valence-corrected chi connectivity index (χ2v) is 4.66. The molecule has 1 aliphatic carbocycles. The molecule has 0 aromatic rings. The normalized spacial score (nSPS) is 29.8. The van der Waals surface area contributed by atoms with Crippen LogP contribution >= 0.6 is 0 Å². The van der Waals surface area contributed by atoms with Crippen LogP contribution in [0.3, 0.4) is 0 Å². The predicted octanol–water partition coefficient (Wildman–Crippen LogP) is 3.69. The zero-order valence-electron chi connectivity index (χ0n) is 10.3. The highest BCUT2D eigenvalue weighted by Gasteiger charge is 2.25. The van der Waals surface area contributed by atoms with Gasteiger partial charge in [-0.3, -0.25) is 0 Å². The molecular formula is C13H27N. The Labute approximate surface area is 89.9 Å². The van der Waals surface area contributed by atoms with Gasteiger partial charge in [-0.25, -0.2) is 0 Å². The summed E-state index contributed by atoms with van der Waals surface area (Å²) in [6.45, 7) is 9.17. The molecule has 1 atom stereocenters. The lowest BCUT2D eigenvalue weighted by molar-refractivity contribution is 0.131. The van der Waals surface area contributed by atoms with Crippen molar-refractivity contribution in [3.63, 3.8) is 0 Å². The topological polar surface area (TPSA) is 3.24 Å². The third-order valence-electron chi connectivity index (χ3n) is 3.64. The van der Waals surface area contributed by atoms with Gasteiger partial charge in [-0.05, 0) is 51.1 Å². The lowest BCUT2D eigenvalue weighted by atomic mass is 9.91. The second kappa shape index (κ2) is 6.44. The van der Waals surface area contributed by atoms with Gasteiger partial charge in [0.2, 0.25) is 0 Å². The molecule has 1 saturated carbocycles. The third-order valence-corrected chi connectivity index (χ3v) is 3.64. The summed E-state index contributed by atoms with van der Waals surface area (Å²) in [5.41, 5.74) is 0. The summed E-state index contributed by atoms with van der Waals surface area (Å²) in [6, 6.07) is 0.982. The molecule has 0 amide bonds. The van der Waals surface area contributed by atoms with Gasteiger partial charge in [0.1, 0.15) is 0 Å². The molecule has 1 saturated heterocycles. The maximum absolute atomic E-state index is 2.74. The van der Waals surface area contributed by atoms with Crippen LogP contribution in [0.4, 0.5) is 0 Å². The van der Waals surface area contributed by atoms with Gasteiger partial charge < -0.3 is 4.90 Å². The predicted molar refractivity (Wildman–Crippen MR) is 63.6 cm³/mol. The summed E-state index contributed by atoms with van der Waals surface area (Å²) in [6.07, 6.45) is 8.79. The molecule has 2 aliphatic rings. The van der Waals surface area contributed by atoms with Crippen molar-refractivity contribution in [3.05, 3.63) is 0 Å². The van der Waals surface area contributed by atoms with Crippen LogP contribution < -0.4 is 0 Å². The molecule has 0 radical (unpaired) electrons. The van der Waals surface area contributed by atoms with Crippen LogP contribution in [-0.2, 0) is 0 Å². The molecule has 1 aliphatic heterocycles. The second-order valence-electron chi connectivity index (χ2n) is 4.66. The van der Waals surface area contributed by atoms with Crippen molar-refractivity contribution in [1.82, 2.24) is 4.90 Å². The largest absolute Gasteiger partial charge is 0.300 e. The van der Waals surface area contributed by atoms with Gasteiger partial charge >= 0.3 is 0 Å². The van der Waals surface area contributed by atoms with E-state index in [1.54, 1.807) is 0 Å². The minimum absolute atomic E-state index is 0.982. The van der Waals surface area contributed by atoms with Crippen molar-refractivity contribution in [1.29, 1.82) is 0 Å². The Morgan fingerprint density at radius 3 is 2.14 bits per heavy atom. The van der Waals surface area contributed by atoms with Gasteiger partial charge in [-0.1, -0.05) is 27.2 Å². The molecule has 0 spiro atoms. The van der Waals surface area contributed by atoms with Gasteiger partial charge in [0.15, 0.2) is 0 Å².